The Morgan fingerprint density at radius 2 is 1.67 bits per heavy atom. The number of carbonyl (C=O) groups excluding carboxylic acids is 2. The largest absolute Gasteiger partial charge is 0.503 e. The fourth-order valence-electron chi connectivity index (χ4n) is 2.62. The Morgan fingerprint density at radius 3 is 2.22 bits per heavy atom. The van der Waals surface area contributed by atoms with Crippen molar-refractivity contribution in [2.45, 2.75) is 6.54 Å². The van der Waals surface area contributed by atoms with Crippen molar-refractivity contribution in [3.05, 3.63) is 65.4 Å². The molecule has 1 aliphatic heterocycles. The Labute approximate surface area is 154 Å². The molecule has 0 aliphatic carbocycles. The van der Waals surface area contributed by atoms with Crippen molar-refractivity contribution in [1.82, 2.24) is 4.90 Å². The summed E-state index contributed by atoms with van der Waals surface area (Å²) in [5.41, 5.74) is 1.55. The van der Waals surface area contributed by atoms with Crippen LogP contribution < -0.4 is 10.2 Å². The lowest BCUT2D eigenvalue weighted by molar-refractivity contribution is -0.137. The number of phenolic OH excluding ortho intramolecular Hbond substituents is 1. The Balaban J connectivity index is 1.73. The number of halogens is 2. The van der Waals surface area contributed by atoms with Gasteiger partial charge < -0.3 is 15.3 Å². The smallest absolute Gasteiger partial charge is 0.277 e. The summed E-state index contributed by atoms with van der Waals surface area (Å²) in [7, 11) is 3.80. The van der Waals surface area contributed by atoms with E-state index >= 15 is 0 Å². The zero-order chi connectivity index (χ0) is 19.7. The molecule has 1 heterocycles. The second-order valence-electron chi connectivity index (χ2n) is 6.26. The van der Waals surface area contributed by atoms with E-state index < -0.39 is 29.2 Å². The highest BCUT2D eigenvalue weighted by Gasteiger charge is 2.31. The molecule has 3 rings (SSSR count). The van der Waals surface area contributed by atoms with Crippen molar-refractivity contribution in [3.63, 3.8) is 0 Å². The minimum Gasteiger partial charge on any atom is -0.503 e. The highest BCUT2D eigenvalue weighted by Crippen LogP contribution is 2.26. The summed E-state index contributed by atoms with van der Waals surface area (Å²) in [6.07, 6.45) is 1.07. The molecule has 0 bridgehead atoms. The van der Waals surface area contributed by atoms with Crippen molar-refractivity contribution >= 4 is 23.2 Å². The molecule has 1 aliphatic rings. The molecule has 0 unspecified atom stereocenters. The van der Waals surface area contributed by atoms with E-state index in [-0.39, 0.29) is 17.9 Å². The topological polar surface area (TPSA) is 72.9 Å². The normalized spacial score (nSPS) is 13.8. The molecular formula is C19H17F2N3O3. The standard InChI is InChI=1S/C19H17F2N3O3/c1-23(2)13-5-3-11(4-6-13)10-24-17(25)9-16(19(24)27)22-12-7-14(20)18(26)15(21)8-12/h3-9,22,26H,10H2,1-2H3. The number of nitrogens with one attached hydrogen (secondary N) is 1. The molecule has 0 atom stereocenters. The van der Waals surface area contributed by atoms with Crippen LogP contribution in [0.1, 0.15) is 5.56 Å². The maximum atomic E-state index is 13.4. The van der Waals surface area contributed by atoms with Crippen LogP contribution in [0.3, 0.4) is 0 Å². The van der Waals surface area contributed by atoms with Crippen molar-refractivity contribution in [3.8, 4) is 5.75 Å². The fourth-order valence-corrected chi connectivity index (χ4v) is 2.62. The predicted octanol–water partition coefficient (Wildman–Crippen LogP) is 2.60. The third kappa shape index (κ3) is 3.74. The summed E-state index contributed by atoms with van der Waals surface area (Å²) < 4.78 is 26.9. The minimum atomic E-state index is -1.17. The first-order valence-corrected chi connectivity index (χ1v) is 8.05. The summed E-state index contributed by atoms with van der Waals surface area (Å²) in [5, 5.41) is 11.6. The molecule has 0 fully saturated rings. The van der Waals surface area contributed by atoms with Crippen LogP contribution in [-0.4, -0.2) is 35.9 Å². The first-order valence-electron chi connectivity index (χ1n) is 8.05. The van der Waals surface area contributed by atoms with Crippen LogP contribution in [0.2, 0.25) is 0 Å². The third-order valence-corrected chi connectivity index (χ3v) is 4.10. The van der Waals surface area contributed by atoms with Gasteiger partial charge in [0.05, 0.1) is 6.54 Å². The fraction of sp³-hybridized carbons (Fsp3) is 0.158. The Bertz CT molecular complexity index is 917. The molecule has 27 heavy (non-hydrogen) atoms. The number of amides is 2. The average molecular weight is 373 g/mol. The molecule has 2 amide bonds. The highest BCUT2D eigenvalue weighted by atomic mass is 19.1. The van der Waals surface area contributed by atoms with Gasteiger partial charge in [-0.3, -0.25) is 14.5 Å². The van der Waals surface area contributed by atoms with Crippen LogP contribution in [0.15, 0.2) is 48.2 Å². The number of imide groups is 1. The Morgan fingerprint density at radius 1 is 1.07 bits per heavy atom. The van der Waals surface area contributed by atoms with E-state index in [0.29, 0.717) is 0 Å². The van der Waals surface area contributed by atoms with Gasteiger partial charge in [0.2, 0.25) is 0 Å². The monoisotopic (exact) mass is 373 g/mol. The average Bonchev–Trinajstić information content (AvgIpc) is 2.87. The number of carbonyl (C=O) groups is 2. The summed E-state index contributed by atoms with van der Waals surface area (Å²) in [6.45, 7) is 0.0748. The molecule has 140 valence electrons. The molecule has 2 N–H and O–H groups in total. The van der Waals surface area contributed by atoms with E-state index in [9.17, 15) is 18.4 Å². The van der Waals surface area contributed by atoms with Gasteiger partial charge in [0.1, 0.15) is 5.70 Å². The predicted molar refractivity (Wildman–Crippen MR) is 96.1 cm³/mol. The lowest BCUT2D eigenvalue weighted by Crippen LogP contribution is -2.31. The van der Waals surface area contributed by atoms with Gasteiger partial charge in [0.15, 0.2) is 17.4 Å². The molecule has 8 heteroatoms. The lowest BCUT2D eigenvalue weighted by atomic mass is 10.2. The van der Waals surface area contributed by atoms with Crippen molar-refractivity contribution in [2.24, 2.45) is 0 Å². The Hall–Kier alpha value is -3.42. The summed E-state index contributed by atoms with van der Waals surface area (Å²) in [4.78, 5) is 27.6. The zero-order valence-electron chi connectivity index (χ0n) is 14.7. The summed E-state index contributed by atoms with van der Waals surface area (Å²) >= 11 is 0. The van der Waals surface area contributed by atoms with Crippen molar-refractivity contribution in [2.75, 3.05) is 24.3 Å². The van der Waals surface area contributed by atoms with Crippen LogP contribution in [0.25, 0.3) is 0 Å². The first kappa shape index (κ1) is 18.4. The highest BCUT2D eigenvalue weighted by molar-refractivity contribution is 6.17. The van der Waals surface area contributed by atoms with Crippen LogP contribution in [0.4, 0.5) is 20.2 Å². The van der Waals surface area contributed by atoms with E-state index in [1.807, 2.05) is 43.3 Å². The van der Waals surface area contributed by atoms with Crippen LogP contribution in [0.5, 0.6) is 5.75 Å². The number of hydrogen-bond acceptors (Lipinski definition) is 5. The van der Waals surface area contributed by atoms with Gasteiger partial charge in [-0.1, -0.05) is 12.1 Å². The van der Waals surface area contributed by atoms with Gasteiger partial charge in [-0.15, -0.1) is 0 Å². The van der Waals surface area contributed by atoms with Crippen LogP contribution >= 0.6 is 0 Å². The van der Waals surface area contributed by atoms with Gasteiger partial charge >= 0.3 is 0 Å². The van der Waals surface area contributed by atoms with Crippen molar-refractivity contribution in [1.29, 1.82) is 0 Å². The van der Waals surface area contributed by atoms with Crippen LogP contribution in [0, 0.1) is 11.6 Å². The van der Waals surface area contributed by atoms with E-state index in [0.717, 1.165) is 34.4 Å². The number of aromatic hydroxyl groups is 1. The molecule has 0 saturated heterocycles. The van der Waals surface area contributed by atoms with Crippen molar-refractivity contribution < 1.29 is 23.5 Å². The molecule has 0 spiro atoms. The second kappa shape index (κ2) is 7.06. The van der Waals surface area contributed by atoms with Gasteiger partial charge in [-0.25, -0.2) is 8.78 Å². The maximum absolute atomic E-state index is 13.4. The molecule has 0 radical (unpaired) electrons. The molecule has 2 aromatic carbocycles. The van der Waals surface area contributed by atoms with Gasteiger partial charge in [0.25, 0.3) is 11.8 Å². The number of anilines is 2. The van der Waals surface area contributed by atoms with E-state index in [1.54, 1.807) is 0 Å². The minimum absolute atomic E-state index is 0.0748. The lowest BCUT2D eigenvalue weighted by Gasteiger charge is -2.17. The van der Waals surface area contributed by atoms with Gasteiger partial charge in [-0.05, 0) is 17.7 Å². The van der Waals surface area contributed by atoms with E-state index in [4.69, 9.17) is 5.11 Å². The van der Waals surface area contributed by atoms with Crippen LogP contribution in [-0.2, 0) is 16.1 Å². The molecular weight excluding hydrogens is 356 g/mol. The Kier molecular flexibility index (Phi) is 4.81. The summed E-state index contributed by atoms with van der Waals surface area (Å²) in [6, 6.07) is 9.03. The maximum Gasteiger partial charge on any atom is 0.277 e. The molecule has 0 aromatic heterocycles. The number of benzene rings is 2. The number of hydrogen-bond donors (Lipinski definition) is 2. The van der Waals surface area contributed by atoms with Gasteiger partial charge in [0, 0.05) is 43.7 Å². The number of rotatable bonds is 5. The SMILES string of the molecule is CN(C)c1ccc(CN2C(=O)C=C(Nc3cc(F)c(O)c(F)c3)C2=O)cc1. The molecule has 2 aromatic rings. The quantitative estimate of drug-likeness (QED) is 0.623. The first-order chi connectivity index (χ1) is 12.8. The number of nitrogens with zero attached hydrogens (tertiary/aromatic N) is 2. The zero-order valence-corrected chi connectivity index (χ0v) is 14.7. The molecule has 6 nitrogen and oxygen atoms in total. The van der Waals surface area contributed by atoms with E-state index in [2.05, 4.69) is 5.32 Å². The molecule has 0 saturated carbocycles. The van der Waals surface area contributed by atoms with Gasteiger partial charge in [-0.2, -0.15) is 0 Å². The third-order valence-electron chi connectivity index (χ3n) is 4.10. The number of phenols is 1. The van der Waals surface area contributed by atoms with E-state index in [1.165, 1.54) is 0 Å². The second-order valence-corrected chi connectivity index (χ2v) is 6.26. The summed E-state index contributed by atoms with van der Waals surface area (Å²) in [5.74, 6) is -4.59.